The summed E-state index contributed by atoms with van der Waals surface area (Å²) >= 11 is 4.80. The second-order valence-corrected chi connectivity index (χ2v) is 6.54. The molecule has 0 radical (unpaired) electrons. The lowest BCUT2D eigenvalue weighted by Gasteiger charge is -2.06. The van der Waals surface area contributed by atoms with Crippen molar-refractivity contribution in [1.82, 2.24) is 4.98 Å². The molecule has 0 aliphatic carbocycles. The summed E-state index contributed by atoms with van der Waals surface area (Å²) in [5, 5.41) is 0. The number of nitrogens with zero attached hydrogens (tertiary/aromatic N) is 1. The van der Waals surface area contributed by atoms with E-state index in [9.17, 15) is 8.42 Å². The lowest BCUT2D eigenvalue weighted by atomic mass is 10.3. The van der Waals surface area contributed by atoms with Gasteiger partial charge in [0.1, 0.15) is 16.5 Å². The molecule has 0 aliphatic rings. The minimum absolute atomic E-state index is 0.217. The summed E-state index contributed by atoms with van der Waals surface area (Å²) in [7, 11) is -3.20. The highest BCUT2D eigenvalue weighted by Gasteiger charge is 2.07. The molecule has 2 aromatic rings. The number of benzene rings is 1. The first-order valence-electron chi connectivity index (χ1n) is 5.60. The summed E-state index contributed by atoms with van der Waals surface area (Å²) < 4.78 is 28.2. The van der Waals surface area contributed by atoms with Gasteiger partial charge in [-0.2, -0.15) is 0 Å². The fourth-order valence-corrected chi connectivity index (χ4v) is 2.23. The first-order chi connectivity index (χ1) is 9.36. The Labute approximate surface area is 122 Å². The summed E-state index contributed by atoms with van der Waals surface area (Å²) in [6, 6.07) is 9.48. The molecule has 0 fully saturated rings. The van der Waals surface area contributed by atoms with Crippen LogP contribution < -0.4 is 10.5 Å². The fourth-order valence-electron chi connectivity index (χ4n) is 1.48. The van der Waals surface area contributed by atoms with Crippen molar-refractivity contribution in [1.29, 1.82) is 0 Å². The number of sulfone groups is 1. The third-order valence-corrected chi connectivity index (χ3v) is 3.81. The zero-order chi connectivity index (χ0) is 14.8. The predicted molar refractivity (Wildman–Crippen MR) is 79.8 cm³/mol. The third-order valence-electron chi connectivity index (χ3n) is 2.48. The molecule has 1 aromatic carbocycles. The van der Waals surface area contributed by atoms with Crippen LogP contribution in [0.3, 0.4) is 0 Å². The van der Waals surface area contributed by atoms with Gasteiger partial charge >= 0.3 is 0 Å². The fraction of sp³-hybridized carbons (Fsp3) is 0.0769. The molecule has 7 heteroatoms. The molecule has 0 amide bonds. The standard InChI is InChI=1S/C13H12N2O3S2/c1-20(16,17)11-5-2-9(3-6-11)18-10-4-7-12(13(14)19)15-8-10/h2-8H,1H3,(H2,14,19). The molecule has 0 saturated carbocycles. The highest BCUT2D eigenvalue weighted by molar-refractivity contribution is 7.90. The van der Waals surface area contributed by atoms with Crippen molar-refractivity contribution >= 4 is 27.0 Å². The van der Waals surface area contributed by atoms with Gasteiger partial charge in [-0.15, -0.1) is 0 Å². The molecule has 0 bridgehead atoms. The SMILES string of the molecule is CS(=O)(=O)c1ccc(Oc2ccc(C(N)=S)nc2)cc1. The molecule has 2 N–H and O–H groups in total. The first kappa shape index (κ1) is 14.4. The number of hydrogen-bond acceptors (Lipinski definition) is 5. The molecule has 0 unspecified atom stereocenters. The third kappa shape index (κ3) is 3.52. The first-order valence-corrected chi connectivity index (χ1v) is 7.90. The van der Waals surface area contributed by atoms with Gasteiger partial charge in [-0.1, -0.05) is 12.2 Å². The van der Waals surface area contributed by atoms with Gasteiger partial charge in [-0.25, -0.2) is 13.4 Å². The van der Waals surface area contributed by atoms with E-state index < -0.39 is 9.84 Å². The van der Waals surface area contributed by atoms with E-state index >= 15 is 0 Å². The van der Waals surface area contributed by atoms with E-state index in [1.54, 1.807) is 24.3 Å². The highest BCUT2D eigenvalue weighted by atomic mass is 32.2. The van der Waals surface area contributed by atoms with Gasteiger partial charge in [-0.3, -0.25) is 0 Å². The number of thiocarbonyl (C=S) groups is 1. The van der Waals surface area contributed by atoms with Gasteiger partial charge in [0.2, 0.25) is 0 Å². The van der Waals surface area contributed by atoms with E-state index in [1.807, 2.05) is 0 Å². The van der Waals surface area contributed by atoms with Gasteiger partial charge in [0.05, 0.1) is 16.8 Å². The van der Waals surface area contributed by atoms with Crippen LogP contribution in [0, 0.1) is 0 Å². The van der Waals surface area contributed by atoms with E-state index in [0.29, 0.717) is 17.2 Å². The summed E-state index contributed by atoms with van der Waals surface area (Å²) in [6.45, 7) is 0. The zero-order valence-corrected chi connectivity index (χ0v) is 12.2. The Morgan fingerprint density at radius 1 is 1.15 bits per heavy atom. The van der Waals surface area contributed by atoms with E-state index in [-0.39, 0.29) is 9.88 Å². The van der Waals surface area contributed by atoms with Gasteiger partial charge < -0.3 is 10.5 Å². The van der Waals surface area contributed by atoms with Gasteiger partial charge in [0.25, 0.3) is 0 Å². The van der Waals surface area contributed by atoms with Crippen molar-refractivity contribution in [3.8, 4) is 11.5 Å². The van der Waals surface area contributed by atoms with Crippen LogP contribution in [-0.4, -0.2) is 24.6 Å². The molecule has 1 heterocycles. The van der Waals surface area contributed by atoms with Gasteiger partial charge in [0, 0.05) is 6.26 Å². The maximum Gasteiger partial charge on any atom is 0.175 e. The van der Waals surface area contributed by atoms with Crippen molar-refractivity contribution in [2.45, 2.75) is 4.90 Å². The van der Waals surface area contributed by atoms with Crippen molar-refractivity contribution in [3.05, 3.63) is 48.3 Å². The minimum Gasteiger partial charge on any atom is -0.456 e. The highest BCUT2D eigenvalue weighted by Crippen LogP contribution is 2.22. The normalized spacial score (nSPS) is 11.1. The van der Waals surface area contributed by atoms with Gasteiger partial charge in [0.15, 0.2) is 9.84 Å². The van der Waals surface area contributed by atoms with Crippen molar-refractivity contribution in [2.75, 3.05) is 6.26 Å². The van der Waals surface area contributed by atoms with E-state index in [4.69, 9.17) is 22.7 Å². The summed E-state index contributed by atoms with van der Waals surface area (Å²) in [4.78, 5) is 4.50. The Bertz CT molecular complexity index is 723. The number of hydrogen-bond donors (Lipinski definition) is 1. The molecular weight excluding hydrogens is 296 g/mol. The number of rotatable bonds is 4. The predicted octanol–water partition coefficient (Wildman–Crippen LogP) is 1.91. The van der Waals surface area contributed by atoms with Crippen LogP contribution in [0.15, 0.2) is 47.5 Å². The smallest absolute Gasteiger partial charge is 0.175 e. The van der Waals surface area contributed by atoms with Crippen LogP contribution in [0.25, 0.3) is 0 Å². The Morgan fingerprint density at radius 3 is 2.20 bits per heavy atom. The van der Waals surface area contributed by atoms with E-state index in [0.717, 1.165) is 6.26 Å². The van der Waals surface area contributed by atoms with Crippen molar-refractivity contribution < 1.29 is 13.2 Å². The maximum atomic E-state index is 11.3. The molecule has 0 spiro atoms. The van der Waals surface area contributed by atoms with Gasteiger partial charge in [-0.05, 0) is 36.4 Å². The largest absolute Gasteiger partial charge is 0.456 e. The Hall–Kier alpha value is -1.99. The lowest BCUT2D eigenvalue weighted by Crippen LogP contribution is -2.10. The second kappa shape index (κ2) is 5.56. The number of aromatic nitrogens is 1. The topological polar surface area (TPSA) is 82.3 Å². The summed E-state index contributed by atoms with van der Waals surface area (Å²) in [5.74, 6) is 1.03. The molecule has 2 rings (SSSR count). The molecular formula is C13H12N2O3S2. The van der Waals surface area contributed by atoms with Crippen LogP contribution in [0.4, 0.5) is 0 Å². The van der Waals surface area contributed by atoms with Crippen LogP contribution in [0.1, 0.15) is 5.69 Å². The molecule has 1 aromatic heterocycles. The Kier molecular flexibility index (Phi) is 4.01. The number of nitrogens with two attached hydrogens (primary N) is 1. The van der Waals surface area contributed by atoms with Crippen LogP contribution >= 0.6 is 12.2 Å². The summed E-state index contributed by atoms with van der Waals surface area (Å²) in [5.41, 5.74) is 5.96. The second-order valence-electron chi connectivity index (χ2n) is 4.09. The molecule has 5 nitrogen and oxygen atoms in total. The minimum atomic E-state index is -3.20. The van der Waals surface area contributed by atoms with Crippen molar-refractivity contribution in [2.24, 2.45) is 5.73 Å². The average molecular weight is 308 g/mol. The molecule has 104 valence electrons. The Morgan fingerprint density at radius 2 is 1.75 bits per heavy atom. The number of ether oxygens (including phenoxy) is 1. The van der Waals surface area contributed by atoms with E-state index in [2.05, 4.69) is 4.98 Å². The zero-order valence-electron chi connectivity index (χ0n) is 10.6. The molecule has 0 atom stereocenters. The van der Waals surface area contributed by atoms with E-state index in [1.165, 1.54) is 18.3 Å². The van der Waals surface area contributed by atoms with Crippen LogP contribution in [0.5, 0.6) is 11.5 Å². The summed E-state index contributed by atoms with van der Waals surface area (Å²) in [6.07, 6.45) is 2.65. The van der Waals surface area contributed by atoms with Crippen LogP contribution in [0.2, 0.25) is 0 Å². The molecule has 0 saturated heterocycles. The maximum absolute atomic E-state index is 11.3. The molecule has 20 heavy (non-hydrogen) atoms. The average Bonchev–Trinajstić information content (AvgIpc) is 2.39. The molecule has 0 aliphatic heterocycles. The van der Waals surface area contributed by atoms with Crippen molar-refractivity contribution in [3.63, 3.8) is 0 Å². The quantitative estimate of drug-likeness (QED) is 0.869. The number of pyridine rings is 1. The monoisotopic (exact) mass is 308 g/mol. The Balaban J connectivity index is 2.16. The van der Waals surface area contributed by atoms with Crippen LogP contribution in [-0.2, 0) is 9.84 Å². The lowest BCUT2D eigenvalue weighted by molar-refractivity contribution is 0.479.